The maximum atomic E-state index is 12.1. The predicted molar refractivity (Wildman–Crippen MR) is 182 cm³/mol. The summed E-state index contributed by atoms with van der Waals surface area (Å²) in [6.07, 6.45) is 2.48. The van der Waals surface area contributed by atoms with Crippen LogP contribution in [0.4, 0.5) is 22.7 Å². The van der Waals surface area contributed by atoms with Gasteiger partial charge in [-0.3, -0.25) is 10.2 Å². The van der Waals surface area contributed by atoms with E-state index < -0.39 is 0 Å². The number of nitrogens with two attached hydrogens (primary N) is 2. The molecule has 240 valence electrons. The Balaban J connectivity index is 0.000000320. The van der Waals surface area contributed by atoms with E-state index in [4.69, 9.17) is 20.9 Å². The average Bonchev–Trinajstić information content (AvgIpc) is 3.06. The largest absolute Gasteiger partial charge is 4.00 e. The summed E-state index contributed by atoms with van der Waals surface area (Å²) in [6.45, 7) is 0. The molecule has 0 fully saturated rings. The minimum Gasteiger partial charge on any atom is -0.870 e. The van der Waals surface area contributed by atoms with Crippen LogP contribution < -0.4 is 31.2 Å². The van der Waals surface area contributed by atoms with E-state index in [1.807, 2.05) is 60.7 Å². The first-order valence-electron chi connectivity index (χ1n) is 13.0. The fourth-order valence-electron chi connectivity index (χ4n) is 3.34. The Kier molecular flexibility index (Phi) is 15.9. The van der Waals surface area contributed by atoms with Crippen LogP contribution in [0.2, 0.25) is 0 Å². The Morgan fingerprint density at radius 1 is 0.617 bits per heavy atom. The summed E-state index contributed by atoms with van der Waals surface area (Å²) in [5.41, 5.74) is 20.1. The summed E-state index contributed by atoms with van der Waals surface area (Å²) in [5, 5.41) is 47.6. The number of hydrogen-bond donors (Lipinski definition) is 2. The van der Waals surface area contributed by atoms with Gasteiger partial charge in [0.05, 0.1) is 37.0 Å². The van der Waals surface area contributed by atoms with E-state index in [1.165, 1.54) is 50.9 Å². The Morgan fingerprint density at radius 3 is 1.28 bits per heavy atom. The van der Waals surface area contributed by atoms with Gasteiger partial charge in [-0.15, -0.1) is 0 Å². The van der Waals surface area contributed by atoms with Crippen molar-refractivity contribution in [2.75, 3.05) is 14.2 Å². The van der Waals surface area contributed by atoms with Crippen LogP contribution in [-0.2, 0) is 17.1 Å². The Bertz CT molecular complexity index is 1630. The molecule has 0 bridgehead atoms. The van der Waals surface area contributed by atoms with Gasteiger partial charge in [-0.2, -0.15) is 20.5 Å². The molecule has 4 N–H and O–H groups in total. The van der Waals surface area contributed by atoms with Crippen molar-refractivity contribution in [3.8, 4) is 23.0 Å². The molecule has 0 heterocycles. The van der Waals surface area contributed by atoms with Crippen molar-refractivity contribution in [2.45, 2.75) is 0 Å². The third kappa shape index (κ3) is 12.8. The first-order valence-corrected chi connectivity index (χ1v) is 13.8. The van der Waals surface area contributed by atoms with Crippen molar-refractivity contribution >= 4 is 69.8 Å². The van der Waals surface area contributed by atoms with Gasteiger partial charge in [0, 0.05) is 34.8 Å². The van der Waals surface area contributed by atoms with Gasteiger partial charge in [0.25, 0.3) is 0 Å². The topological polar surface area (TPSA) is 219 Å². The number of thiocarbonyl (C=S) groups is 2. The van der Waals surface area contributed by atoms with Crippen LogP contribution in [0.5, 0.6) is 23.0 Å². The van der Waals surface area contributed by atoms with Crippen molar-refractivity contribution < 1.29 is 36.8 Å². The second kappa shape index (κ2) is 19.8. The molecule has 0 radical (unpaired) electrons. The summed E-state index contributed by atoms with van der Waals surface area (Å²) < 4.78 is 10.1. The van der Waals surface area contributed by atoms with Crippen LogP contribution in [0.1, 0.15) is 11.1 Å². The molecule has 14 nitrogen and oxygen atoms in total. The van der Waals surface area contributed by atoms with E-state index in [-0.39, 0.29) is 61.4 Å². The third-order valence-corrected chi connectivity index (χ3v) is 5.52. The number of azo groups is 2. The minimum atomic E-state index is -0.340. The summed E-state index contributed by atoms with van der Waals surface area (Å²) in [5.74, 6) is -0.418. The van der Waals surface area contributed by atoms with Crippen molar-refractivity contribution in [1.82, 2.24) is 0 Å². The molecule has 0 atom stereocenters. The molecule has 0 aliphatic carbocycles. The zero-order valence-electron chi connectivity index (χ0n) is 24.8. The van der Waals surface area contributed by atoms with Crippen molar-refractivity contribution in [3.63, 3.8) is 0 Å². The monoisotopic (exact) mass is 710 g/mol. The van der Waals surface area contributed by atoms with Gasteiger partial charge >= 0.3 is 17.1 Å². The van der Waals surface area contributed by atoms with E-state index in [1.54, 1.807) is 0 Å². The molecule has 4 rings (SSSR count). The number of methoxy groups -OCH3 is 2. The molecule has 0 spiro atoms. The second-order valence-corrected chi connectivity index (χ2v) is 9.41. The Labute approximate surface area is 291 Å². The summed E-state index contributed by atoms with van der Waals surface area (Å²) in [4.78, 5) is 0. The molecule has 0 amide bonds. The summed E-state index contributed by atoms with van der Waals surface area (Å²) in [6, 6.07) is 24.5. The Hall–Kier alpha value is -5.48. The molecule has 4 aromatic carbocycles. The van der Waals surface area contributed by atoms with E-state index in [9.17, 15) is 10.2 Å². The third-order valence-electron chi connectivity index (χ3n) is 5.36. The molecule has 0 saturated carbocycles. The van der Waals surface area contributed by atoms with Crippen LogP contribution in [0.3, 0.4) is 0 Å². The quantitative estimate of drug-likeness (QED) is 0.0627. The number of ether oxygens (including phenoxy) is 2. The second-order valence-electron chi connectivity index (χ2n) is 8.57. The molecule has 0 unspecified atom stereocenters. The summed E-state index contributed by atoms with van der Waals surface area (Å²) >= 11 is 9.15. The van der Waals surface area contributed by atoms with Crippen LogP contribution in [0.25, 0.3) is 10.9 Å². The van der Waals surface area contributed by atoms with E-state index in [2.05, 4.69) is 65.9 Å². The fraction of sp³-hybridized carbons (Fsp3) is 0.0667. The van der Waals surface area contributed by atoms with Gasteiger partial charge in [-0.1, -0.05) is 72.3 Å². The van der Waals surface area contributed by atoms with Crippen molar-refractivity contribution in [1.29, 1.82) is 0 Å². The maximum absolute atomic E-state index is 12.1. The number of benzene rings is 4. The smallest absolute Gasteiger partial charge is 0.870 e. The van der Waals surface area contributed by atoms with Gasteiger partial charge in [-0.05, 0) is 47.5 Å². The fourth-order valence-corrected chi connectivity index (χ4v) is 3.44. The van der Waals surface area contributed by atoms with Crippen molar-refractivity contribution in [3.05, 3.63) is 107 Å². The minimum absolute atomic E-state index is 0. The molecule has 0 saturated heterocycles. The first-order chi connectivity index (χ1) is 22.2. The normalized spacial score (nSPS) is 10.8. The molecule has 0 aliphatic rings. The molecular weight excluding hydrogens is 684 g/mol. The average molecular weight is 711 g/mol. The molecule has 0 aliphatic heterocycles. The van der Waals surface area contributed by atoms with Crippen LogP contribution >= 0.6 is 24.4 Å². The van der Waals surface area contributed by atoms with Gasteiger partial charge in [0.15, 0.2) is 0 Å². The van der Waals surface area contributed by atoms with E-state index in [0.29, 0.717) is 22.7 Å². The SMILES string of the molecule is COc1cc(N=Nc2ccccc2)cc(C=N[N-]C(N)=S)c1[O-].COc1cc(N=Nc2ccccc2)cc(C=N[N-]C(N)=S)c1[O-].[Fe+4]. The van der Waals surface area contributed by atoms with Crippen LogP contribution in [-0.4, -0.2) is 36.9 Å². The van der Waals surface area contributed by atoms with Gasteiger partial charge in [0.1, 0.15) is 11.5 Å². The number of hydrogen-bond acceptors (Lipinski definition) is 12. The van der Waals surface area contributed by atoms with Gasteiger partial charge < -0.3 is 42.0 Å². The van der Waals surface area contributed by atoms with Crippen molar-refractivity contribution in [2.24, 2.45) is 42.1 Å². The van der Waals surface area contributed by atoms with E-state index >= 15 is 0 Å². The van der Waals surface area contributed by atoms with Crippen LogP contribution in [0, 0.1) is 0 Å². The van der Waals surface area contributed by atoms with E-state index in [0.717, 1.165) is 0 Å². The first kappa shape index (κ1) is 37.7. The molecule has 0 aromatic heterocycles. The molecule has 4 aromatic rings. The molecular formula is C30H26FeN10O4S2. The summed E-state index contributed by atoms with van der Waals surface area (Å²) in [7, 11) is 2.80. The predicted octanol–water partition coefficient (Wildman–Crippen LogP) is 6.27. The molecule has 47 heavy (non-hydrogen) atoms. The van der Waals surface area contributed by atoms with Gasteiger partial charge in [0.2, 0.25) is 0 Å². The standard InChI is InChI=1S/2C15H15N5O2S.Fe/c2*1-22-13-8-12(19-18-11-5-3-2-4-6-11)7-10(14(13)21)9-17-20-15(16)23;/h2*2-9H,1H3,(H4,16,17,18,19,20,21,23);/q;;+4/p-4. The zero-order chi connectivity index (χ0) is 33.3. The molecule has 17 heteroatoms. The zero-order valence-corrected chi connectivity index (χ0v) is 27.5. The van der Waals surface area contributed by atoms with Crippen LogP contribution in [0.15, 0.2) is 116 Å². The number of nitrogens with zero attached hydrogens (tertiary/aromatic N) is 8. The number of rotatable bonds is 10. The van der Waals surface area contributed by atoms with Gasteiger partial charge in [-0.25, -0.2) is 0 Å². The Morgan fingerprint density at radius 2 is 0.957 bits per heavy atom. The maximum Gasteiger partial charge on any atom is 4.00 e.